The summed E-state index contributed by atoms with van der Waals surface area (Å²) in [5, 5.41) is 2.36. The van der Waals surface area contributed by atoms with Crippen LogP contribution in [0.1, 0.15) is 62.6 Å². The third-order valence-corrected chi connectivity index (χ3v) is 6.97. The van der Waals surface area contributed by atoms with Crippen LogP contribution in [0.3, 0.4) is 0 Å². The maximum absolute atomic E-state index is 6.43. The molecule has 2 aliphatic carbocycles. The fourth-order valence-corrected chi connectivity index (χ4v) is 6.35. The Kier molecular flexibility index (Phi) is 6.20. The highest BCUT2D eigenvalue weighted by atomic mass is 127. The number of aromatic nitrogens is 1. The van der Waals surface area contributed by atoms with Crippen molar-refractivity contribution in [3.05, 3.63) is 44.9 Å². The molecule has 0 unspecified atom stereocenters. The Hall–Kier alpha value is -0.390. The number of thiazole rings is 1. The van der Waals surface area contributed by atoms with Crippen molar-refractivity contribution in [3.8, 4) is 0 Å². The molecule has 2 aliphatic rings. The van der Waals surface area contributed by atoms with Crippen molar-refractivity contribution in [1.29, 1.82) is 0 Å². The molecule has 0 fully saturated rings. The molecule has 1 heterocycles. The third kappa shape index (κ3) is 3.90. The van der Waals surface area contributed by atoms with Crippen molar-refractivity contribution >= 4 is 39.2 Å². The van der Waals surface area contributed by atoms with Crippen molar-refractivity contribution in [1.82, 2.24) is 0 Å². The van der Waals surface area contributed by atoms with Crippen LogP contribution in [0.25, 0.3) is 16.3 Å². The first-order chi connectivity index (χ1) is 12.0. The molecular formula is C22H27ClINS. The standard InChI is InChI=1S/C22H27ClNS.HI/c1-4-24-19-10-9-16-7-5-6-8-18(16)21(19)25-20(24)12-15-11-17(23)14-22(2,3)13-15;/h9-12H,4-8,13-14H2,1-3H3;1H/q+1;/p-1. The van der Waals surface area contributed by atoms with Gasteiger partial charge in [-0.3, -0.25) is 0 Å². The number of hydrogen-bond donors (Lipinski definition) is 0. The van der Waals surface area contributed by atoms with Gasteiger partial charge in [-0.2, -0.15) is 4.57 Å². The monoisotopic (exact) mass is 499 g/mol. The maximum Gasteiger partial charge on any atom is 0.263 e. The Morgan fingerprint density at radius 1 is 1.19 bits per heavy atom. The number of rotatable bonds is 2. The molecule has 4 rings (SSSR count). The first-order valence-electron chi connectivity index (χ1n) is 9.50. The lowest BCUT2D eigenvalue weighted by Crippen LogP contribution is -3.00. The molecule has 4 heteroatoms. The summed E-state index contributed by atoms with van der Waals surface area (Å²) in [7, 11) is 0. The second kappa shape index (κ2) is 7.92. The van der Waals surface area contributed by atoms with Crippen molar-refractivity contribution in [2.45, 2.75) is 65.8 Å². The smallest absolute Gasteiger partial charge is 0.263 e. The van der Waals surface area contributed by atoms with Gasteiger partial charge in [0.2, 0.25) is 5.52 Å². The van der Waals surface area contributed by atoms with Gasteiger partial charge < -0.3 is 24.0 Å². The Labute approximate surface area is 183 Å². The van der Waals surface area contributed by atoms with Gasteiger partial charge in [0.15, 0.2) is 0 Å². The lowest BCUT2D eigenvalue weighted by molar-refractivity contribution is -0.665. The van der Waals surface area contributed by atoms with Crippen LogP contribution >= 0.6 is 22.9 Å². The van der Waals surface area contributed by atoms with E-state index in [4.69, 9.17) is 11.6 Å². The van der Waals surface area contributed by atoms with Gasteiger partial charge in [-0.15, -0.1) is 0 Å². The number of nitrogens with zero attached hydrogens (tertiary/aromatic N) is 1. The van der Waals surface area contributed by atoms with E-state index >= 15 is 0 Å². The van der Waals surface area contributed by atoms with Crippen molar-refractivity contribution in [3.63, 3.8) is 0 Å². The predicted molar refractivity (Wildman–Crippen MR) is 109 cm³/mol. The molecule has 0 radical (unpaired) electrons. The highest BCUT2D eigenvalue weighted by Gasteiger charge is 2.27. The summed E-state index contributed by atoms with van der Waals surface area (Å²) in [4.78, 5) is 0. The maximum atomic E-state index is 6.43. The van der Waals surface area contributed by atoms with E-state index in [2.05, 4.69) is 49.6 Å². The molecule has 0 spiro atoms. The van der Waals surface area contributed by atoms with E-state index in [9.17, 15) is 0 Å². The molecule has 1 aromatic heterocycles. The average molecular weight is 500 g/mol. The highest BCUT2D eigenvalue weighted by Crippen LogP contribution is 2.40. The van der Waals surface area contributed by atoms with Crippen LogP contribution in [0, 0.1) is 5.41 Å². The summed E-state index contributed by atoms with van der Waals surface area (Å²) in [6.07, 6.45) is 11.8. The number of hydrogen-bond acceptors (Lipinski definition) is 1. The van der Waals surface area contributed by atoms with E-state index in [0.29, 0.717) is 0 Å². The van der Waals surface area contributed by atoms with Crippen molar-refractivity contribution < 1.29 is 28.5 Å². The molecule has 26 heavy (non-hydrogen) atoms. The fraction of sp³-hybridized carbons (Fsp3) is 0.500. The number of halogens is 2. The van der Waals surface area contributed by atoms with Crippen molar-refractivity contribution in [2.24, 2.45) is 5.41 Å². The largest absolute Gasteiger partial charge is 1.00 e. The van der Waals surface area contributed by atoms with Gasteiger partial charge in [0.05, 0.1) is 0 Å². The Balaban J connectivity index is 0.00000196. The molecule has 0 aliphatic heterocycles. The molecule has 140 valence electrons. The van der Waals surface area contributed by atoms with E-state index in [1.807, 2.05) is 11.3 Å². The lowest BCUT2D eigenvalue weighted by Gasteiger charge is -2.28. The Bertz CT molecular complexity index is 891. The SMILES string of the molecule is CC[n+]1c(C=C2C=C(Cl)CC(C)(C)C2)sc2c3c(ccc21)CCCC3.[I-]. The van der Waals surface area contributed by atoms with Gasteiger partial charge in [0, 0.05) is 17.2 Å². The van der Waals surface area contributed by atoms with Gasteiger partial charge >= 0.3 is 0 Å². The topological polar surface area (TPSA) is 3.88 Å². The zero-order chi connectivity index (χ0) is 17.6. The summed E-state index contributed by atoms with van der Waals surface area (Å²) in [5.74, 6) is 0. The molecule has 0 atom stereocenters. The minimum Gasteiger partial charge on any atom is -1.00 e. The summed E-state index contributed by atoms with van der Waals surface area (Å²) >= 11 is 8.40. The van der Waals surface area contributed by atoms with Gasteiger partial charge in [-0.05, 0) is 73.6 Å². The zero-order valence-corrected chi connectivity index (χ0v) is 19.6. The molecular weight excluding hydrogens is 473 g/mol. The van der Waals surface area contributed by atoms with Crippen LogP contribution < -0.4 is 28.5 Å². The quantitative estimate of drug-likeness (QED) is 0.440. The average Bonchev–Trinajstić information content (AvgIpc) is 2.90. The van der Waals surface area contributed by atoms with Crippen LogP contribution in [0.4, 0.5) is 0 Å². The van der Waals surface area contributed by atoms with Crippen molar-refractivity contribution in [2.75, 3.05) is 0 Å². The lowest BCUT2D eigenvalue weighted by atomic mass is 9.78. The molecule has 1 nitrogen and oxygen atoms in total. The normalized spacial score (nSPS) is 20.6. The number of allylic oxidation sites excluding steroid dienone is 3. The molecule has 0 saturated carbocycles. The first-order valence-corrected chi connectivity index (χ1v) is 10.7. The summed E-state index contributed by atoms with van der Waals surface area (Å²) in [6.45, 7) is 7.89. The highest BCUT2D eigenvalue weighted by molar-refractivity contribution is 7.19. The predicted octanol–water partition coefficient (Wildman–Crippen LogP) is 3.42. The summed E-state index contributed by atoms with van der Waals surface area (Å²) < 4.78 is 3.99. The summed E-state index contributed by atoms with van der Waals surface area (Å²) in [5.41, 5.74) is 6.21. The fourth-order valence-electron chi connectivity index (χ4n) is 4.45. The number of aryl methyl sites for hydroxylation is 3. The van der Waals surface area contributed by atoms with Crippen LogP contribution in [0.2, 0.25) is 0 Å². The minimum absolute atomic E-state index is 0. The van der Waals surface area contributed by atoms with Crippen LogP contribution in [0.15, 0.2) is 28.8 Å². The molecule has 2 aromatic rings. The second-order valence-corrected chi connectivity index (χ2v) is 9.79. The summed E-state index contributed by atoms with van der Waals surface area (Å²) in [6, 6.07) is 4.71. The molecule has 0 amide bonds. The minimum atomic E-state index is 0. The van der Waals surface area contributed by atoms with Gasteiger partial charge in [-0.1, -0.05) is 42.9 Å². The number of fused-ring (bicyclic) bond motifs is 3. The van der Waals surface area contributed by atoms with Gasteiger partial charge in [0.25, 0.3) is 5.01 Å². The third-order valence-electron chi connectivity index (χ3n) is 5.52. The van der Waals surface area contributed by atoms with E-state index in [1.54, 1.807) is 11.1 Å². The van der Waals surface area contributed by atoms with E-state index in [-0.39, 0.29) is 29.4 Å². The second-order valence-electron chi connectivity index (χ2n) is 8.27. The van der Waals surface area contributed by atoms with E-state index in [0.717, 1.165) is 24.4 Å². The Morgan fingerprint density at radius 2 is 1.96 bits per heavy atom. The van der Waals surface area contributed by atoms with E-state index in [1.165, 1.54) is 46.5 Å². The van der Waals surface area contributed by atoms with Crippen LogP contribution in [-0.4, -0.2) is 0 Å². The number of benzene rings is 1. The molecule has 1 aromatic carbocycles. The van der Waals surface area contributed by atoms with E-state index < -0.39 is 0 Å². The van der Waals surface area contributed by atoms with Crippen LogP contribution in [-0.2, 0) is 19.4 Å². The van der Waals surface area contributed by atoms with Gasteiger partial charge in [-0.25, -0.2) is 0 Å². The molecule has 0 N–H and O–H groups in total. The Morgan fingerprint density at radius 3 is 2.69 bits per heavy atom. The zero-order valence-electron chi connectivity index (χ0n) is 15.9. The first kappa shape index (κ1) is 20.3. The molecule has 0 saturated heterocycles. The van der Waals surface area contributed by atoms with Gasteiger partial charge in [0.1, 0.15) is 11.2 Å². The molecule has 0 bridgehead atoms. The van der Waals surface area contributed by atoms with Crippen LogP contribution in [0.5, 0.6) is 0 Å².